The number of rotatable bonds is 3. The Morgan fingerprint density at radius 3 is 2.12 bits per heavy atom. The third-order valence-corrected chi connectivity index (χ3v) is 2.82. The average Bonchev–Trinajstić information content (AvgIpc) is 2.67. The first-order valence-corrected chi connectivity index (χ1v) is 8.30. The Morgan fingerprint density at radius 2 is 1.48 bits per heavy atom. The van der Waals surface area contributed by atoms with Gasteiger partial charge in [-0.3, -0.25) is 0 Å². The maximum Gasteiger partial charge on any atom is 0.228 e. The van der Waals surface area contributed by atoms with Gasteiger partial charge in [0.25, 0.3) is 0 Å². The third kappa shape index (κ3) is 5.76. The molecule has 0 aliphatic carbocycles. The highest BCUT2D eigenvalue weighted by atomic mass is 16.5. The van der Waals surface area contributed by atoms with Gasteiger partial charge in [-0.2, -0.15) is 0 Å². The summed E-state index contributed by atoms with van der Waals surface area (Å²) in [6, 6.07) is 12.5. The Bertz CT molecular complexity index is 760. The van der Waals surface area contributed by atoms with Crippen molar-refractivity contribution in [3.8, 4) is 22.9 Å². The van der Waals surface area contributed by atoms with Crippen LogP contribution >= 0.6 is 0 Å². The standard InChI is InChI=1S/C15H13N5O.2C2H6/c16-10-3-5-11(6-4-10)21-14-12(2-1-8-18-14)13-7-9-19-15(17)20-13;2*1-2/h1-9H,16H2,(H2,17,19,20);2*1-2H3. The lowest BCUT2D eigenvalue weighted by Gasteiger charge is -2.09. The number of aromatic nitrogens is 3. The minimum Gasteiger partial charge on any atom is -0.438 e. The molecule has 2 aromatic heterocycles. The van der Waals surface area contributed by atoms with E-state index in [2.05, 4.69) is 15.0 Å². The molecule has 0 aliphatic rings. The number of nitrogens with zero attached hydrogens (tertiary/aromatic N) is 3. The van der Waals surface area contributed by atoms with Gasteiger partial charge in [0.05, 0.1) is 11.3 Å². The molecule has 0 fully saturated rings. The largest absolute Gasteiger partial charge is 0.438 e. The van der Waals surface area contributed by atoms with Crippen molar-refractivity contribution in [1.82, 2.24) is 15.0 Å². The van der Waals surface area contributed by atoms with Crippen LogP contribution in [0.2, 0.25) is 0 Å². The van der Waals surface area contributed by atoms with E-state index >= 15 is 0 Å². The monoisotopic (exact) mass is 339 g/mol. The Hall–Kier alpha value is -3.15. The van der Waals surface area contributed by atoms with E-state index in [0.29, 0.717) is 23.0 Å². The van der Waals surface area contributed by atoms with Crippen LogP contribution in [0.15, 0.2) is 54.9 Å². The van der Waals surface area contributed by atoms with Crippen LogP contribution in [0.5, 0.6) is 11.6 Å². The van der Waals surface area contributed by atoms with Crippen LogP contribution in [0.25, 0.3) is 11.3 Å². The van der Waals surface area contributed by atoms with Crippen molar-refractivity contribution in [2.75, 3.05) is 11.5 Å². The number of hydrogen-bond donors (Lipinski definition) is 2. The predicted octanol–water partition coefficient (Wildman–Crippen LogP) is 4.55. The molecule has 6 heteroatoms. The molecule has 3 aromatic rings. The first-order chi connectivity index (χ1) is 12.2. The lowest BCUT2D eigenvalue weighted by atomic mass is 10.2. The van der Waals surface area contributed by atoms with Crippen molar-refractivity contribution < 1.29 is 4.74 Å². The fourth-order valence-electron chi connectivity index (χ4n) is 1.84. The molecule has 0 amide bonds. The predicted molar refractivity (Wildman–Crippen MR) is 103 cm³/mol. The maximum absolute atomic E-state index is 5.79. The maximum atomic E-state index is 5.79. The quantitative estimate of drug-likeness (QED) is 0.679. The average molecular weight is 339 g/mol. The second-order valence-corrected chi connectivity index (χ2v) is 4.33. The minimum absolute atomic E-state index is 0.204. The zero-order valence-electron chi connectivity index (χ0n) is 15.1. The molecule has 0 unspecified atom stereocenters. The Morgan fingerprint density at radius 1 is 0.800 bits per heavy atom. The molecule has 132 valence electrons. The van der Waals surface area contributed by atoms with Crippen molar-refractivity contribution in [3.63, 3.8) is 0 Å². The van der Waals surface area contributed by atoms with Crippen LogP contribution in [0.3, 0.4) is 0 Å². The van der Waals surface area contributed by atoms with Crippen molar-refractivity contribution in [2.45, 2.75) is 27.7 Å². The minimum atomic E-state index is 0.204. The molecule has 25 heavy (non-hydrogen) atoms. The Labute approximate surface area is 148 Å². The molecule has 3 rings (SSSR count). The van der Waals surface area contributed by atoms with Crippen molar-refractivity contribution >= 4 is 11.6 Å². The summed E-state index contributed by atoms with van der Waals surface area (Å²) >= 11 is 0. The van der Waals surface area contributed by atoms with E-state index in [-0.39, 0.29) is 5.95 Å². The summed E-state index contributed by atoms with van der Waals surface area (Å²) in [6.07, 6.45) is 3.25. The highest BCUT2D eigenvalue weighted by molar-refractivity contribution is 5.65. The van der Waals surface area contributed by atoms with Gasteiger partial charge in [-0.1, -0.05) is 27.7 Å². The number of anilines is 2. The Balaban J connectivity index is 0.000000730. The number of nitrogens with two attached hydrogens (primary N) is 2. The molecule has 6 nitrogen and oxygen atoms in total. The molecule has 0 spiro atoms. The molecule has 0 saturated heterocycles. The number of benzene rings is 1. The van der Waals surface area contributed by atoms with E-state index in [1.165, 1.54) is 0 Å². The summed E-state index contributed by atoms with van der Waals surface area (Å²) < 4.78 is 5.79. The molecule has 2 heterocycles. The van der Waals surface area contributed by atoms with Crippen LogP contribution in [-0.4, -0.2) is 15.0 Å². The van der Waals surface area contributed by atoms with E-state index in [1.807, 2.05) is 39.8 Å². The van der Waals surface area contributed by atoms with Crippen molar-refractivity contribution in [3.05, 3.63) is 54.9 Å². The van der Waals surface area contributed by atoms with Crippen molar-refractivity contribution in [1.29, 1.82) is 0 Å². The van der Waals surface area contributed by atoms with Gasteiger partial charge in [0.2, 0.25) is 11.8 Å². The van der Waals surface area contributed by atoms with Gasteiger partial charge >= 0.3 is 0 Å². The van der Waals surface area contributed by atoms with Crippen molar-refractivity contribution in [2.24, 2.45) is 0 Å². The van der Waals surface area contributed by atoms with Gasteiger partial charge < -0.3 is 16.2 Å². The summed E-state index contributed by atoms with van der Waals surface area (Å²) in [7, 11) is 0. The molecule has 1 aromatic carbocycles. The fourth-order valence-corrected chi connectivity index (χ4v) is 1.84. The third-order valence-electron chi connectivity index (χ3n) is 2.82. The van der Waals surface area contributed by atoms with Gasteiger partial charge in [-0.05, 0) is 42.5 Å². The number of pyridine rings is 1. The van der Waals surface area contributed by atoms with Crippen LogP contribution in [-0.2, 0) is 0 Å². The molecule has 0 saturated carbocycles. The van der Waals surface area contributed by atoms with Gasteiger partial charge in [0.1, 0.15) is 5.75 Å². The molecular formula is C19H25N5O. The summed E-state index contributed by atoms with van der Waals surface area (Å²) in [5.41, 5.74) is 13.3. The number of nitrogen functional groups attached to an aromatic ring is 2. The second-order valence-electron chi connectivity index (χ2n) is 4.33. The van der Waals surface area contributed by atoms with Gasteiger partial charge in [-0.25, -0.2) is 15.0 Å². The number of ether oxygens (including phenoxy) is 1. The van der Waals surface area contributed by atoms with E-state index in [9.17, 15) is 0 Å². The van der Waals surface area contributed by atoms with E-state index in [1.54, 1.807) is 42.7 Å². The van der Waals surface area contributed by atoms with Gasteiger partial charge in [0, 0.05) is 18.1 Å². The second kappa shape index (κ2) is 10.6. The zero-order valence-corrected chi connectivity index (χ0v) is 15.1. The van der Waals surface area contributed by atoms with Crippen LogP contribution < -0.4 is 16.2 Å². The van der Waals surface area contributed by atoms with Crippen LogP contribution in [0, 0.1) is 0 Å². The van der Waals surface area contributed by atoms with Crippen LogP contribution in [0.1, 0.15) is 27.7 Å². The molecule has 0 bridgehead atoms. The molecular weight excluding hydrogens is 314 g/mol. The topological polar surface area (TPSA) is 99.9 Å². The molecule has 4 N–H and O–H groups in total. The first kappa shape index (κ1) is 19.9. The summed E-state index contributed by atoms with van der Waals surface area (Å²) in [5.74, 6) is 1.29. The normalized spacial score (nSPS) is 9.12. The molecule has 0 atom stereocenters. The van der Waals surface area contributed by atoms with Gasteiger partial charge in [-0.15, -0.1) is 0 Å². The lowest BCUT2D eigenvalue weighted by Crippen LogP contribution is -1.97. The number of hydrogen-bond acceptors (Lipinski definition) is 6. The van der Waals surface area contributed by atoms with Gasteiger partial charge in [0.15, 0.2) is 0 Å². The molecule has 0 aliphatic heterocycles. The van der Waals surface area contributed by atoms with E-state index < -0.39 is 0 Å². The molecule has 0 radical (unpaired) electrons. The summed E-state index contributed by atoms with van der Waals surface area (Å²) in [5, 5.41) is 0. The van der Waals surface area contributed by atoms with Crippen LogP contribution in [0.4, 0.5) is 11.6 Å². The summed E-state index contributed by atoms with van der Waals surface area (Å²) in [4.78, 5) is 12.3. The van der Waals surface area contributed by atoms with E-state index in [0.717, 1.165) is 5.56 Å². The lowest BCUT2D eigenvalue weighted by molar-refractivity contribution is 0.465. The first-order valence-electron chi connectivity index (χ1n) is 8.30. The fraction of sp³-hybridized carbons (Fsp3) is 0.211. The SMILES string of the molecule is CC.CC.Nc1ccc(Oc2ncccc2-c2ccnc(N)n2)cc1. The van der Waals surface area contributed by atoms with E-state index in [4.69, 9.17) is 16.2 Å². The smallest absolute Gasteiger partial charge is 0.228 e. The Kier molecular flexibility index (Phi) is 8.43. The zero-order chi connectivity index (χ0) is 18.7. The highest BCUT2D eigenvalue weighted by Crippen LogP contribution is 2.30. The highest BCUT2D eigenvalue weighted by Gasteiger charge is 2.10. The summed E-state index contributed by atoms with van der Waals surface area (Å²) in [6.45, 7) is 8.00.